The van der Waals surface area contributed by atoms with E-state index in [0.717, 1.165) is 38.5 Å². The van der Waals surface area contributed by atoms with Gasteiger partial charge in [0.25, 0.3) is 0 Å². The van der Waals surface area contributed by atoms with Crippen molar-refractivity contribution < 1.29 is 23.8 Å². The smallest absolute Gasteiger partial charge is 0.319 e. The van der Waals surface area contributed by atoms with Crippen molar-refractivity contribution in [1.29, 1.82) is 0 Å². The maximum atomic E-state index is 11.2. The first-order chi connectivity index (χ1) is 7.81. The second kappa shape index (κ2) is 13.1. The van der Waals surface area contributed by atoms with E-state index >= 15 is 0 Å². The van der Waals surface area contributed by atoms with Gasteiger partial charge in [-0.3, -0.25) is 4.57 Å². The lowest BCUT2D eigenvalue weighted by Crippen LogP contribution is -1.93. The van der Waals surface area contributed by atoms with Crippen LogP contribution in [0.2, 0.25) is 0 Å². The minimum absolute atomic E-state index is 0.191. The lowest BCUT2D eigenvalue weighted by atomic mass is 10.2. The second-order valence-electron chi connectivity index (χ2n) is 3.52. The van der Waals surface area contributed by atoms with Crippen LogP contribution in [-0.2, 0) is 13.6 Å². The Morgan fingerprint density at radius 1 is 0.750 bits per heavy atom. The Kier molecular flexibility index (Phi) is 13.2. The fourth-order valence-corrected chi connectivity index (χ4v) is 1.84. The molecule has 2 N–H and O–H groups in total. The highest BCUT2D eigenvalue weighted by Gasteiger charge is 1.99. The summed E-state index contributed by atoms with van der Waals surface area (Å²) in [6.45, 7) is 1.23. The van der Waals surface area contributed by atoms with Crippen LogP contribution in [0.15, 0.2) is 0 Å². The van der Waals surface area contributed by atoms with Crippen molar-refractivity contribution in [3.05, 3.63) is 0 Å². The molecule has 6 heteroatoms. The minimum Gasteiger partial charge on any atom is -0.396 e. The predicted molar refractivity (Wildman–Crippen MR) is 62.8 cm³/mol. The molecule has 0 aromatic carbocycles. The fraction of sp³-hybridized carbons (Fsp3) is 1.00. The third kappa shape index (κ3) is 12.1. The number of hydrogen-bond acceptors (Lipinski definition) is 5. The molecule has 0 aliphatic carbocycles. The summed E-state index contributed by atoms with van der Waals surface area (Å²) >= 11 is 0. The van der Waals surface area contributed by atoms with Crippen LogP contribution in [-0.4, -0.2) is 36.6 Å². The van der Waals surface area contributed by atoms with Gasteiger partial charge in [0.2, 0.25) is 0 Å². The summed E-state index contributed by atoms with van der Waals surface area (Å²) < 4.78 is 21.1. The van der Waals surface area contributed by atoms with Gasteiger partial charge in [-0.05, 0) is 38.5 Å². The Morgan fingerprint density at radius 2 is 1.19 bits per heavy atom. The average Bonchev–Trinajstić information content (AvgIpc) is 2.28. The van der Waals surface area contributed by atoms with Crippen molar-refractivity contribution in [1.82, 2.24) is 0 Å². The van der Waals surface area contributed by atoms with Crippen molar-refractivity contribution in [2.24, 2.45) is 0 Å². The van der Waals surface area contributed by atoms with E-state index in [1.807, 2.05) is 0 Å². The van der Waals surface area contributed by atoms with Crippen LogP contribution in [0.4, 0.5) is 0 Å². The van der Waals surface area contributed by atoms with Crippen LogP contribution in [0.25, 0.3) is 0 Å². The molecule has 0 heterocycles. The van der Waals surface area contributed by atoms with E-state index in [4.69, 9.17) is 19.3 Å². The van der Waals surface area contributed by atoms with E-state index in [1.165, 1.54) is 0 Å². The number of unbranched alkanes of at least 4 members (excludes halogenated alkanes) is 4. The van der Waals surface area contributed by atoms with Crippen molar-refractivity contribution in [2.45, 2.75) is 38.5 Å². The Hall–Kier alpha value is 0.0700. The predicted octanol–water partition coefficient (Wildman–Crippen LogP) is 1.73. The molecule has 0 aromatic rings. The summed E-state index contributed by atoms with van der Waals surface area (Å²) in [5, 5.41) is 17.0. The van der Waals surface area contributed by atoms with Gasteiger partial charge in [0, 0.05) is 13.2 Å². The van der Waals surface area contributed by atoms with Gasteiger partial charge in [0.15, 0.2) is 0 Å². The SMILES string of the molecule is O=[PH](OCCCCCO)OCCCCCO. The van der Waals surface area contributed by atoms with Gasteiger partial charge in [-0.2, -0.15) is 0 Å². The first kappa shape index (κ1) is 16.1. The molecule has 0 aliphatic heterocycles. The largest absolute Gasteiger partial charge is 0.396 e. The Morgan fingerprint density at radius 3 is 1.56 bits per heavy atom. The zero-order valence-corrected chi connectivity index (χ0v) is 10.7. The Bertz CT molecular complexity index is 149. The summed E-state index contributed by atoms with van der Waals surface area (Å²) in [4.78, 5) is 0. The highest BCUT2D eigenvalue weighted by molar-refractivity contribution is 7.33. The van der Waals surface area contributed by atoms with Gasteiger partial charge < -0.3 is 19.3 Å². The van der Waals surface area contributed by atoms with Crippen molar-refractivity contribution in [3.63, 3.8) is 0 Å². The van der Waals surface area contributed by atoms with Crippen LogP contribution in [0, 0.1) is 0 Å². The van der Waals surface area contributed by atoms with Crippen molar-refractivity contribution in [3.8, 4) is 0 Å². The van der Waals surface area contributed by atoms with Crippen LogP contribution in [0.3, 0.4) is 0 Å². The third-order valence-corrected chi connectivity index (χ3v) is 2.92. The minimum atomic E-state index is -2.34. The van der Waals surface area contributed by atoms with E-state index in [9.17, 15) is 4.57 Å². The summed E-state index contributed by atoms with van der Waals surface area (Å²) in [5.74, 6) is 0. The van der Waals surface area contributed by atoms with E-state index in [-0.39, 0.29) is 13.2 Å². The molecular weight excluding hydrogens is 231 g/mol. The summed E-state index contributed by atoms with van der Waals surface area (Å²) in [6, 6.07) is 0. The van der Waals surface area contributed by atoms with Gasteiger partial charge in [-0.25, -0.2) is 0 Å². The van der Waals surface area contributed by atoms with E-state index in [0.29, 0.717) is 13.2 Å². The van der Waals surface area contributed by atoms with Crippen LogP contribution in [0.1, 0.15) is 38.5 Å². The van der Waals surface area contributed by atoms with Gasteiger partial charge in [0.1, 0.15) is 0 Å². The molecule has 98 valence electrons. The molecule has 0 saturated heterocycles. The first-order valence-corrected chi connectivity index (χ1v) is 7.05. The van der Waals surface area contributed by atoms with Gasteiger partial charge in [-0.15, -0.1) is 0 Å². The monoisotopic (exact) mass is 254 g/mol. The van der Waals surface area contributed by atoms with E-state index in [2.05, 4.69) is 0 Å². The van der Waals surface area contributed by atoms with Crippen molar-refractivity contribution in [2.75, 3.05) is 26.4 Å². The molecule has 0 saturated carbocycles. The van der Waals surface area contributed by atoms with Gasteiger partial charge in [-0.1, -0.05) is 0 Å². The quantitative estimate of drug-likeness (QED) is 0.410. The summed E-state index contributed by atoms with van der Waals surface area (Å²) in [7, 11) is -2.34. The fourth-order valence-electron chi connectivity index (χ4n) is 1.13. The summed E-state index contributed by atoms with van der Waals surface area (Å²) in [5.41, 5.74) is 0. The van der Waals surface area contributed by atoms with Crippen LogP contribution >= 0.6 is 8.25 Å². The average molecular weight is 254 g/mol. The zero-order valence-electron chi connectivity index (χ0n) is 9.69. The van der Waals surface area contributed by atoms with Crippen LogP contribution < -0.4 is 0 Å². The first-order valence-electron chi connectivity index (χ1n) is 5.82. The highest BCUT2D eigenvalue weighted by atomic mass is 31.1. The molecule has 0 aromatic heterocycles. The molecule has 0 spiro atoms. The standard InChI is InChI=1S/C10H23O5P/c11-7-3-1-5-9-14-16(13)15-10-6-2-4-8-12/h11-12,16H,1-10H2. The second-order valence-corrected chi connectivity index (χ2v) is 4.59. The van der Waals surface area contributed by atoms with E-state index < -0.39 is 8.25 Å². The van der Waals surface area contributed by atoms with Crippen molar-refractivity contribution >= 4 is 8.25 Å². The molecule has 0 amide bonds. The maximum absolute atomic E-state index is 11.2. The highest BCUT2D eigenvalue weighted by Crippen LogP contribution is 2.24. The molecule has 0 aliphatic rings. The number of hydrogen-bond donors (Lipinski definition) is 2. The molecule has 0 unspecified atom stereocenters. The molecular formula is C10H23O5P. The normalized spacial score (nSPS) is 11.2. The molecule has 16 heavy (non-hydrogen) atoms. The molecule has 0 fully saturated rings. The topological polar surface area (TPSA) is 76.0 Å². The maximum Gasteiger partial charge on any atom is 0.319 e. The van der Waals surface area contributed by atoms with Gasteiger partial charge in [0.05, 0.1) is 13.2 Å². The number of rotatable bonds is 12. The number of aliphatic hydroxyl groups is 2. The third-order valence-electron chi connectivity index (χ3n) is 2.04. The molecule has 0 atom stereocenters. The Labute approximate surface area is 97.7 Å². The molecule has 0 bridgehead atoms. The summed E-state index contributed by atoms with van der Waals surface area (Å²) in [6.07, 6.45) is 4.86. The van der Waals surface area contributed by atoms with E-state index in [1.54, 1.807) is 0 Å². The molecule has 0 rings (SSSR count). The lowest BCUT2D eigenvalue weighted by Gasteiger charge is -2.05. The zero-order chi connectivity index (χ0) is 12.1. The lowest BCUT2D eigenvalue weighted by molar-refractivity contribution is 0.212. The number of aliphatic hydroxyl groups excluding tert-OH is 2. The van der Waals surface area contributed by atoms with Gasteiger partial charge >= 0.3 is 8.25 Å². The Balaban J connectivity index is 3.12. The van der Waals surface area contributed by atoms with Crippen LogP contribution in [0.5, 0.6) is 0 Å². The molecule has 0 radical (unpaired) electrons. The molecule has 5 nitrogen and oxygen atoms in total.